The average Bonchev–Trinajstić information content (AvgIpc) is 2.68. The van der Waals surface area contributed by atoms with Gasteiger partial charge in [-0.3, -0.25) is 0 Å². The molecular weight excluding hydrogens is 304 g/mol. The van der Waals surface area contributed by atoms with Crippen LogP contribution in [0.15, 0.2) is 22.7 Å². The van der Waals surface area contributed by atoms with Gasteiger partial charge in [0.1, 0.15) is 0 Å². The van der Waals surface area contributed by atoms with Gasteiger partial charge in [-0.2, -0.15) is 0 Å². The number of rotatable bonds is 2. The molecule has 0 saturated carbocycles. The maximum absolute atomic E-state index is 6.08. The molecule has 2 heterocycles. The third-order valence-electron chi connectivity index (χ3n) is 4.05. The summed E-state index contributed by atoms with van der Waals surface area (Å²) in [5.74, 6) is 0.618. The van der Waals surface area contributed by atoms with Crippen molar-refractivity contribution in [2.75, 3.05) is 19.3 Å². The maximum atomic E-state index is 6.08. The van der Waals surface area contributed by atoms with Crippen LogP contribution >= 0.6 is 15.9 Å². The summed E-state index contributed by atoms with van der Waals surface area (Å²) in [7, 11) is 2.20. The average molecular weight is 323 g/mol. The monoisotopic (exact) mass is 322 g/mol. The highest BCUT2D eigenvalue weighted by Crippen LogP contribution is 2.24. The topological polar surface area (TPSA) is 47.1 Å². The molecule has 102 valence electrons. The Hall–Kier alpha value is -1.07. The van der Waals surface area contributed by atoms with Crippen molar-refractivity contribution in [1.29, 1.82) is 0 Å². The Morgan fingerprint density at radius 2 is 2.26 bits per heavy atom. The molecule has 1 aromatic carbocycles. The predicted molar refractivity (Wildman–Crippen MR) is 82.1 cm³/mol. The lowest BCUT2D eigenvalue weighted by atomic mass is 10.0. The van der Waals surface area contributed by atoms with E-state index in [0.717, 1.165) is 22.1 Å². The van der Waals surface area contributed by atoms with Crippen molar-refractivity contribution in [3.05, 3.63) is 22.7 Å². The third kappa shape index (κ3) is 2.49. The molecule has 0 aliphatic carbocycles. The number of hydrogen-bond acceptors (Lipinski definition) is 3. The quantitative estimate of drug-likeness (QED) is 0.924. The van der Waals surface area contributed by atoms with Crippen molar-refractivity contribution in [3.63, 3.8) is 0 Å². The molecule has 19 heavy (non-hydrogen) atoms. The van der Waals surface area contributed by atoms with Crippen molar-refractivity contribution in [1.82, 2.24) is 14.5 Å². The molecular formula is C14H19BrN4. The Morgan fingerprint density at radius 3 is 3.05 bits per heavy atom. The first-order valence-electron chi connectivity index (χ1n) is 6.76. The van der Waals surface area contributed by atoms with E-state index in [1.165, 1.54) is 25.8 Å². The van der Waals surface area contributed by atoms with E-state index in [0.29, 0.717) is 12.0 Å². The van der Waals surface area contributed by atoms with Crippen molar-refractivity contribution in [2.45, 2.75) is 31.8 Å². The molecule has 2 N–H and O–H groups in total. The van der Waals surface area contributed by atoms with Gasteiger partial charge in [-0.05, 0) is 44.6 Å². The number of halogens is 1. The van der Waals surface area contributed by atoms with Gasteiger partial charge in [0.2, 0.25) is 5.95 Å². The molecule has 1 unspecified atom stereocenters. The number of imidazole rings is 1. The molecule has 1 atom stereocenters. The fourth-order valence-electron chi connectivity index (χ4n) is 2.90. The van der Waals surface area contributed by atoms with Gasteiger partial charge in [0.15, 0.2) is 0 Å². The molecule has 0 amide bonds. The predicted octanol–water partition coefficient (Wildman–Crippen LogP) is 2.87. The molecule has 0 spiro atoms. The summed E-state index contributed by atoms with van der Waals surface area (Å²) in [4.78, 5) is 6.89. The van der Waals surface area contributed by atoms with Crippen LogP contribution < -0.4 is 5.73 Å². The van der Waals surface area contributed by atoms with E-state index in [9.17, 15) is 0 Å². The Morgan fingerprint density at radius 1 is 1.42 bits per heavy atom. The number of fused-ring (bicyclic) bond motifs is 1. The molecule has 4 nitrogen and oxygen atoms in total. The van der Waals surface area contributed by atoms with E-state index in [4.69, 9.17) is 5.73 Å². The van der Waals surface area contributed by atoms with Crippen LogP contribution in [0.3, 0.4) is 0 Å². The fourth-order valence-corrected chi connectivity index (χ4v) is 3.25. The molecule has 3 rings (SSSR count). The van der Waals surface area contributed by atoms with Crippen LogP contribution in [0.25, 0.3) is 11.0 Å². The largest absolute Gasteiger partial charge is 0.369 e. The van der Waals surface area contributed by atoms with Gasteiger partial charge in [0.25, 0.3) is 0 Å². The second-order valence-electron chi connectivity index (χ2n) is 5.34. The number of likely N-dealkylation sites (N-methyl/N-ethyl adjacent to an activating group) is 1. The maximum Gasteiger partial charge on any atom is 0.201 e. The van der Waals surface area contributed by atoms with E-state index >= 15 is 0 Å². The van der Waals surface area contributed by atoms with Crippen LogP contribution in [0.2, 0.25) is 0 Å². The van der Waals surface area contributed by atoms with Gasteiger partial charge in [-0.25, -0.2) is 4.98 Å². The summed E-state index contributed by atoms with van der Waals surface area (Å²) >= 11 is 3.48. The fraction of sp³-hybridized carbons (Fsp3) is 0.500. The number of aromatic nitrogens is 2. The van der Waals surface area contributed by atoms with E-state index in [-0.39, 0.29) is 0 Å². The summed E-state index contributed by atoms with van der Waals surface area (Å²) in [6.07, 6.45) is 3.86. The normalized spacial score (nSPS) is 21.1. The van der Waals surface area contributed by atoms with E-state index in [2.05, 4.69) is 43.5 Å². The van der Waals surface area contributed by atoms with Gasteiger partial charge < -0.3 is 15.2 Å². The zero-order chi connectivity index (χ0) is 13.4. The van der Waals surface area contributed by atoms with Gasteiger partial charge >= 0.3 is 0 Å². The Labute approximate surface area is 121 Å². The van der Waals surface area contributed by atoms with Crippen LogP contribution in [0.4, 0.5) is 5.95 Å². The van der Waals surface area contributed by atoms with Crippen LogP contribution in [0.1, 0.15) is 19.3 Å². The minimum atomic E-state index is 0.567. The zero-order valence-electron chi connectivity index (χ0n) is 11.1. The zero-order valence-corrected chi connectivity index (χ0v) is 12.7. The first kappa shape index (κ1) is 12.9. The lowest BCUT2D eigenvalue weighted by Gasteiger charge is -2.32. The van der Waals surface area contributed by atoms with Crippen molar-refractivity contribution in [3.8, 4) is 0 Å². The molecule has 5 heteroatoms. The first-order valence-corrected chi connectivity index (χ1v) is 7.56. The molecule has 2 aromatic rings. The smallest absolute Gasteiger partial charge is 0.201 e. The molecule has 0 radical (unpaired) electrons. The van der Waals surface area contributed by atoms with E-state index < -0.39 is 0 Å². The summed E-state index contributed by atoms with van der Waals surface area (Å²) < 4.78 is 3.19. The Bertz CT molecular complexity index is 592. The van der Waals surface area contributed by atoms with E-state index in [1.54, 1.807) is 0 Å². The third-order valence-corrected chi connectivity index (χ3v) is 4.55. The highest BCUT2D eigenvalue weighted by Gasteiger charge is 2.21. The Balaban J connectivity index is 1.93. The van der Waals surface area contributed by atoms with Crippen LogP contribution in [0, 0.1) is 0 Å². The van der Waals surface area contributed by atoms with Crippen LogP contribution in [-0.2, 0) is 6.54 Å². The number of nitrogens with two attached hydrogens (primary N) is 1. The number of hydrogen-bond donors (Lipinski definition) is 1. The minimum absolute atomic E-state index is 0.567. The standard InChI is InChI=1S/C14H19BrN4/c1-18-7-3-2-4-11(18)9-19-13-6-5-10(15)8-12(13)17-14(19)16/h5-6,8,11H,2-4,7,9H2,1H3,(H2,16,17). The van der Waals surface area contributed by atoms with Crippen LogP contribution in [-0.4, -0.2) is 34.1 Å². The minimum Gasteiger partial charge on any atom is -0.369 e. The van der Waals surface area contributed by atoms with Gasteiger partial charge in [0.05, 0.1) is 11.0 Å². The summed E-state index contributed by atoms with van der Waals surface area (Å²) in [5, 5.41) is 0. The lowest BCUT2D eigenvalue weighted by Crippen LogP contribution is -2.39. The first-order chi connectivity index (χ1) is 9.15. The summed E-state index contributed by atoms with van der Waals surface area (Å²) in [5.41, 5.74) is 8.17. The Kier molecular flexibility index (Phi) is 3.50. The number of nitrogen functional groups attached to an aromatic ring is 1. The van der Waals surface area contributed by atoms with Crippen molar-refractivity contribution >= 4 is 32.9 Å². The molecule has 1 aliphatic heterocycles. The molecule has 0 bridgehead atoms. The van der Waals surface area contributed by atoms with E-state index in [1.807, 2.05) is 12.1 Å². The highest BCUT2D eigenvalue weighted by atomic mass is 79.9. The molecule has 1 saturated heterocycles. The summed E-state index contributed by atoms with van der Waals surface area (Å²) in [6, 6.07) is 6.72. The highest BCUT2D eigenvalue weighted by molar-refractivity contribution is 9.10. The number of likely N-dealkylation sites (tertiary alicyclic amines) is 1. The summed E-state index contributed by atoms with van der Waals surface area (Å²) in [6.45, 7) is 2.11. The SMILES string of the molecule is CN1CCCCC1Cn1c(N)nc2cc(Br)ccc21. The number of piperidine rings is 1. The number of anilines is 1. The molecule has 1 fully saturated rings. The number of nitrogens with zero attached hydrogens (tertiary/aromatic N) is 3. The van der Waals surface area contributed by atoms with Gasteiger partial charge in [-0.1, -0.05) is 22.4 Å². The van der Waals surface area contributed by atoms with Gasteiger partial charge in [0, 0.05) is 17.1 Å². The molecule has 1 aromatic heterocycles. The van der Waals surface area contributed by atoms with Gasteiger partial charge in [-0.15, -0.1) is 0 Å². The lowest BCUT2D eigenvalue weighted by molar-refractivity contribution is 0.169. The van der Waals surface area contributed by atoms with Crippen molar-refractivity contribution in [2.24, 2.45) is 0 Å². The number of benzene rings is 1. The second kappa shape index (κ2) is 5.13. The van der Waals surface area contributed by atoms with Crippen LogP contribution in [0.5, 0.6) is 0 Å². The van der Waals surface area contributed by atoms with Crippen molar-refractivity contribution < 1.29 is 0 Å². The molecule has 1 aliphatic rings. The second-order valence-corrected chi connectivity index (χ2v) is 6.26.